The van der Waals surface area contributed by atoms with Crippen molar-refractivity contribution in [2.45, 2.75) is 13.2 Å². The molecule has 2 N–H and O–H groups in total. The van der Waals surface area contributed by atoms with Crippen LogP contribution in [0.25, 0.3) is 11.0 Å². The number of benzene rings is 2. The van der Waals surface area contributed by atoms with Crippen molar-refractivity contribution in [2.75, 3.05) is 0 Å². The quantitative estimate of drug-likeness (QED) is 0.715. The van der Waals surface area contributed by atoms with Crippen molar-refractivity contribution in [3.05, 3.63) is 63.3 Å². The summed E-state index contributed by atoms with van der Waals surface area (Å²) in [5, 5.41) is 1.59. The van der Waals surface area contributed by atoms with Gasteiger partial charge in [-0.05, 0) is 24.3 Å². The van der Waals surface area contributed by atoms with E-state index in [9.17, 15) is 0 Å². The largest absolute Gasteiger partial charge is 0.487 e. The lowest BCUT2D eigenvalue weighted by Crippen LogP contribution is -2.02. The first-order chi connectivity index (χ1) is 10.2. The van der Waals surface area contributed by atoms with Crippen LogP contribution in [-0.2, 0) is 13.2 Å². The first-order valence-electron chi connectivity index (χ1n) is 6.46. The highest BCUT2D eigenvalue weighted by Crippen LogP contribution is 2.31. The molecule has 0 atom stereocenters. The van der Waals surface area contributed by atoms with E-state index < -0.39 is 0 Å². The molecule has 21 heavy (non-hydrogen) atoms. The molecule has 3 aromatic rings. The number of furan rings is 1. The molecule has 0 saturated heterocycles. The van der Waals surface area contributed by atoms with Gasteiger partial charge in [-0.2, -0.15) is 0 Å². The second-order valence-electron chi connectivity index (χ2n) is 4.57. The Hall–Kier alpha value is -1.49. The number of fused-ring (bicyclic) bond motifs is 1. The number of halogens is 2. The van der Waals surface area contributed by atoms with Crippen molar-refractivity contribution in [1.82, 2.24) is 0 Å². The molecule has 1 aromatic heterocycles. The van der Waals surface area contributed by atoms with E-state index in [0.717, 1.165) is 26.8 Å². The summed E-state index contributed by atoms with van der Waals surface area (Å²) >= 11 is 9.54. The lowest BCUT2D eigenvalue weighted by Gasteiger charge is -2.08. The average Bonchev–Trinajstić information content (AvgIpc) is 2.86. The number of hydrogen-bond donors (Lipinski definition) is 1. The van der Waals surface area contributed by atoms with Gasteiger partial charge in [0, 0.05) is 15.4 Å². The minimum atomic E-state index is 0.333. The summed E-state index contributed by atoms with van der Waals surface area (Å²) in [6.07, 6.45) is 0. The number of rotatable bonds is 4. The molecular formula is C16H13BrClNO2. The topological polar surface area (TPSA) is 48.4 Å². The van der Waals surface area contributed by atoms with Gasteiger partial charge in [0.25, 0.3) is 0 Å². The van der Waals surface area contributed by atoms with Crippen LogP contribution in [0.5, 0.6) is 5.75 Å². The van der Waals surface area contributed by atoms with Gasteiger partial charge in [0.05, 0.1) is 11.6 Å². The zero-order valence-electron chi connectivity index (χ0n) is 11.1. The van der Waals surface area contributed by atoms with Crippen LogP contribution in [0, 0.1) is 0 Å². The highest BCUT2D eigenvalue weighted by molar-refractivity contribution is 9.10. The summed E-state index contributed by atoms with van der Waals surface area (Å²) in [6.45, 7) is 0.694. The highest BCUT2D eigenvalue weighted by Gasteiger charge is 2.14. The Morgan fingerprint density at radius 1 is 1.19 bits per heavy atom. The van der Waals surface area contributed by atoms with Crippen LogP contribution in [-0.4, -0.2) is 0 Å². The molecule has 0 bridgehead atoms. The van der Waals surface area contributed by atoms with Crippen molar-refractivity contribution >= 4 is 38.5 Å². The van der Waals surface area contributed by atoms with Crippen LogP contribution in [0.3, 0.4) is 0 Å². The predicted molar refractivity (Wildman–Crippen MR) is 87.6 cm³/mol. The summed E-state index contributed by atoms with van der Waals surface area (Å²) in [4.78, 5) is 0. The highest BCUT2D eigenvalue weighted by atomic mass is 79.9. The molecule has 108 valence electrons. The zero-order valence-corrected chi connectivity index (χ0v) is 13.4. The predicted octanol–water partition coefficient (Wildman–Crippen LogP) is 4.89. The normalized spacial score (nSPS) is 11.0. The van der Waals surface area contributed by atoms with Gasteiger partial charge in [0.2, 0.25) is 0 Å². The minimum Gasteiger partial charge on any atom is -0.487 e. The molecule has 0 radical (unpaired) electrons. The maximum atomic E-state index is 6.13. The molecule has 0 fully saturated rings. The van der Waals surface area contributed by atoms with Crippen LogP contribution in [0.4, 0.5) is 0 Å². The molecule has 2 aromatic carbocycles. The molecule has 1 heterocycles. The van der Waals surface area contributed by atoms with Crippen LogP contribution in [0.1, 0.15) is 11.3 Å². The lowest BCUT2D eigenvalue weighted by molar-refractivity contribution is 0.303. The Labute approximate surface area is 135 Å². The van der Waals surface area contributed by atoms with Crippen molar-refractivity contribution in [2.24, 2.45) is 5.73 Å². The summed E-state index contributed by atoms with van der Waals surface area (Å²) in [5.74, 6) is 1.36. The number of ether oxygens (including phenoxy) is 1. The average molecular weight is 367 g/mol. The van der Waals surface area contributed by atoms with Gasteiger partial charge < -0.3 is 14.9 Å². The Kier molecular flexibility index (Phi) is 4.19. The fourth-order valence-corrected chi connectivity index (χ4v) is 2.72. The number of nitrogens with two attached hydrogens (primary N) is 1. The Bertz CT molecular complexity index is 785. The van der Waals surface area contributed by atoms with Gasteiger partial charge in [-0.3, -0.25) is 0 Å². The van der Waals surface area contributed by atoms with E-state index in [2.05, 4.69) is 15.9 Å². The molecule has 0 unspecified atom stereocenters. The van der Waals surface area contributed by atoms with E-state index in [-0.39, 0.29) is 0 Å². The van der Waals surface area contributed by atoms with Gasteiger partial charge in [-0.1, -0.05) is 45.7 Å². The lowest BCUT2D eigenvalue weighted by atomic mass is 10.1. The fraction of sp³-hybridized carbons (Fsp3) is 0.125. The van der Waals surface area contributed by atoms with Crippen LogP contribution < -0.4 is 10.5 Å². The SMILES string of the molecule is NCc1oc2ccccc2c1COc1cc(Br)ccc1Cl. The molecule has 0 aliphatic heterocycles. The summed E-state index contributed by atoms with van der Waals surface area (Å²) in [6, 6.07) is 13.3. The van der Waals surface area contributed by atoms with E-state index in [4.69, 9.17) is 26.5 Å². The maximum Gasteiger partial charge on any atom is 0.139 e. The molecule has 3 rings (SSSR count). The third-order valence-corrected chi connectivity index (χ3v) is 4.04. The smallest absolute Gasteiger partial charge is 0.139 e. The molecule has 0 aliphatic rings. The second kappa shape index (κ2) is 6.10. The standard InChI is InChI=1S/C16H13BrClNO2/c17-10-5-6-13(18)15(7-10)20-9-12-11-3-1-2-4-14(11)21-16(12)8-19/h1-7H,8-9,19H2. The molecule has 3 nitrogen and oxygen atoms in total. The monoisotopic (exact) mass is 365 g/mol. The van der Waals surface area contributed by atoms with Gasteiger partial charge in [0.15, 0.2) is 0 Å². The van der Waals surface area contributed by atoms with Crippen molar-refractivity contribution in [3.63, 3.8) is 0 Å². The van der Waals surface area contributed by atoms with Gasteiger partial charge in [0.1, 0.15) is 23.7 Å². The number of hydrogen-bond acceptors (Lipinski definition) is 3. The third-order valence-electron chi connectivity index (χ3n) is 3.23. The van der Waals surface area contributed by atoms with Crippen molar-refractivity contribution in [1.29, 1.82) is 0 Å². The molecule has 0 saturated carbocycles. The van der Waals surface area contributed by atoms with E-state index in [1.807, 2.05) is 36.4 Å². The second-order valence-corrected chi connectivity index (χ2v) is 5.89. The zero-order chi connectivity index (χ0) is 14.8. The fourth-order valence-electron chi connectivity index (χ4n) is 2.21. The van der Waals surface area contributed by atoms with E-state index in [1.54, 1.807) is 6.07 Å². The van der Waals surface area contributed by atoms with Crippen LogP contribution in [0.2, 0.25) is 5.02 Å². The van der Waals surface area contributed by atoms with Gasteiger partial charge in [-0.15, -0.1) is 0 Å². The summed E-state index contributed by atoms with van der Waals surface area (Å²) in [7, 11) is 0. The Morgan fingerprint density at radius 3 is 2.81 bits per heavy atom. The number of para-hydroxylation sites is 1. The van der Waals surface area contributed by atoms with Gasteiger partial charge in [-0.25, -0.2) is 0 Å². The van der Waals surface area contributed by atoms with E-state index in [0.29, 0.717) is 23.9 Å². The molecule has 5 heteroatoms. The third kappa shape index (κ3) is 2.93. The first kappa shape index (κ1) is 14.4. The molecular weight excluding hydrogens is 354 g/mol. The van der Waals surface area contributed by atoms with Gasteiger partial charge >= 0.3 is 0 Å². The van der Waals surface area contributed by atoms with E-state index >= 15 is 0 Å². The molecule has 0 aliphatic carbocycles. The minimum absolute atomic E-state index is 0.333. The molecule has 0 amide bonds. The Balaban J connectivity index is 1.93. The Morgan fingerprint density at radius 2 is 2.00 bits per heavy atom. The summed E-state index contributed by atoms with van der Waals surface area (Å²) in [5.41, 5.74) is 7.53. The van der Waals surface area contributed by atoms with Crippen molar-refractivity contribution in [3.8, 4) is 5.75 Å². The van der Waals surface area contributed by atoms with Crippen LogP contribution >= 0.6 is 27.5 Å². The summed E-state index contributed by atoms with van der Waals surface area (Å²) < 4.78 is 12.5. The first-order valence-corrected chi connectivity index (χ1v) is 7.63. The maximum absolute atomic E-state index is 6.13. The van der Waals surface area contributed by atoms with E-state index in [1.165, 1.54) is 0 Å². The van der Waals surface area contributed by atoms with Crippen molar-refractivity contribution < 1.29 is 9.15 Å². The molecule has 0 spiro atoms. The van der Waals surface area contributed by atoms with Crippen LogP contribution in [0.15, 0.2) is 51.4 Å².